The van der Waals surface area contributed by atoms with Gasteiger partial charge in [0.2, 0.25) is 0 Å². The van der Waals surface area contributed by atoms with Gasteiger partial charge in [-0.15, -0.1) is 0 Å². The van der Waals surface area contributed by atoms with Gasteiger partial charge in [-0.25, -0.2) is 0 Å². The standard InChI is InChI=1S/C30H41ClO5Si/c1-19(29(34)35-5)28(21-9-10-21)23-11-8-20(27(33)17-23)13-15-26(32)22-12-14-25(31)24(16-22)18-36-37(6,7)30(2,3)4/h8,11-12,14,16-17,19,21,28,33H,9-10,13,15,18H2,1-7H3/t19-,28-/m0/s1. The fraction of sp³-hybridized carbons (Fsp3) is 0.533. The van der Waals surface area contributed by atoms with Crippen molar-refractivity contribution in [3.63, 3.8) is 0 Å². The van der Waals surface area contributed by atoms with Gasteiger partial charge in [-0.3, -0.25) is 9.59 Å². The maximum atomic E-state index is 13.0. The molecule has 0 amide bonds. The number of phenolic OH excluding ortho intramolecular Hbond substituents is 1. The lowest BCUT2D eigenvalue weighted by Crippen LogP contribution is -2.40. The van der Waals surface area contributed by atoms with Crippen molar-refractivity contribution in [1.82, 2.24) is 0 Å². The molecule has 0 saturated heterocycles. The van der Waals surface area contributed by atoms with E-state index < -0.39 is 8.32 Å². The second-order valence-electron chi connectivity index (χ2n) is 11.8. The van der Waals surface area contributed by atoms with Gasteiger partial charge in [0, 0.05) is 17.0 Å². The normalized spacial score (nSPS) is 15.8. The molecule has 7 heteroatoms. The molecule has 37 heavy (non-hydrogen) atoms. The van der Waals surface area contributed by atoms with Crippen LogP contribution in [0.1, 0.15) is 79.9 Å². The third-order valence-corrected chi connectivity index (χ3v) is 13.0. The number of ketones is 1. The Kier molecular flexibility index (Phi) is 9.30. The van der Waals surface area contributed by atoms with Crippen LogP contribution in [0, 0.1) is 11.8 Å². The minimum absolute atomic E-state index is 0.0103. The van der Waals surface area contributed by atoms with Crippen LogP contribution in [0.15, 0.2) is 36.4 Å². The lowest BCUT2D eigenvalue weighted by Gasteiger charge is -2.36. The molecule has 2 atom stereocenters. The highest BCUT2D eigenvalue weighted by Crippen LogP contribution is 2.47. The SMILES string of the molecule is COC(=O)[C@@H](C)[C@H](c1ccc(CCC(=O)c2ccc(Cl)c(CO[Si](C)(C)C(C)(C)C)c2)c(O)c1)C1CC1. The molecule has 0 spiro atoms. The number of esters is 1. The zero-order chi connectivity index (χ0) is 27.5. The Balaban J connectivity index is 1.67. The molecule has 0 aromatic heterocycles. The fourth-order valence-electron chi connectivity index (χ4n) is 4.48. The number of ether oxygens (including phenoxy) is 1. The molecule has 5 nitrogen and oxygen atoms in total. The Bertz CT molecular complexity index is 1130. The smallest absolute Gasteiger partial charge is 0.309 e. The number of carbonyl (C=O) groups excluding carboxylic acids is 2. The number of halogens is 1. The number of rotatable bonds is 11. The molecule has 1 saturated carbocycles. The molecule has 0 aliphatic heterocycles. The number of aromatic hydroxyl groups is 1. The average Bonchev–Trinajstić information content (AvgIpc) is 3.66. The highest BCUT2D eigenvalue weighted by atomic mass is 35.5. The first kappa shape index (κ1) is 29.4. The van der Waals surface area contributed by atoms with Crippen molar-refractivity contribution < 1.29 is 23.9 Å². The van der Waals surface area contributed by atoms with Gasteiger partial charge in [-0.2, -0.15) is 0 Å². The molecule has 202 valence electrons. The average molecular weight is 545 g/mol. The Morgan fingerprint density at radius 1 is 1.11 bits per heavy atom. The molecule has 2 aromatic rings. The van der Waals surface area contributed by atoms with Crippen LogP contribution in [0.25, 0.3) is 0 Å². The number of aryl methyl sites for hydroxylation is 1. The van der Waals surface area contributed by atoms with Gasteiger partial charge in [0.05, 0.1) is 19.6 Å². The van der Waals surface area contributed by atoms with Crippen molar-refractivity contribution in [3.8, 4) is 5.75 Å². The first-order chi connectivity index (χ1) is 17.2. The second-order valence-corrected chi connectivity index (χ2v) is 17.1. The van der Waals surface area contributed by atoms with Crippen molar-refractivity contribution in [1.29, 1.82) is 0 Å². The number of hydrogen-bond donors (Lipinski definition) is 1. The molecule has 1 aliphatic rings. The lowest BCUT2D eigenvalue weighted by molar-refractivity contribution is -0.145. The van der Waals surface area contributed by atoms with E-state index in [9.17, 15) is 14.7 Å². The number of Topliss-reactive ketones (excluding diaryl/α,β-unsaturated/α-hetero) is 1. The molecule has 0 unspecified atom stereocenters. The summed E-state index contributed by atoms with van der Waals surface area (Å²) in [4.78, 5) is 25.2. The van der Waals surface area contributed by atoms with Crippen LogP contribution in [-0.2, 0) is 27.0 Å². The summed E-state index contributed by atoms with van der Waals surface area (Å²) >= 11 is 6.42. The lowest BCUT2D eigenvalue weighted by atomic mass is 9.82. The summed E-state index contributed by atoms with van der Waals surface area (Å²) in [6.45, 7) is 13.2. The predicted octanol–water partition coefficient (Wildman–Crippen LogP) is 7.69. The summed E-state index contributed by atoms with van der Waals surface area (Å²) in [5.41, 5.74) is 3.07. The van der Waals surface area contributed by atoms with Crippen molar-refractivity contribution in [3.05, 3.63) is 63.7 Å². The van der Waals surface area contributed by atoms with Crippen molar-refractivity contribution >= 4 is 31.7 Å². The molecule has 1 N–H and O–H groups in total. The summed E-state index contributed by atoms with van der Waals surface area (Å²) in [6.07, 6.45) is 2.84. The fourth-order valence-corrected chi connectivity index (χ4v) is 5.60. The van der Waals surface area contributed by atoms with Crippen LogP contribution in [-0.4, -0.2) is 32.3 Å². The van der Waals surface area contributed by atoms with E-state index >= 15 is 0 Å². The van der Waals surface area contributed by atoms with Crippen LogP contribution >= 0.6 is 11.6 Å². The molecule has 0 heterocycles. The largest absolute Gasteiger partial charge is 0.508 e. The Morgan fingerprint density at radius 2 is 1.78 bits per heavy atom. The number of phenols is 1. The molecular formula is C30H41ClO5Si. The number of carbonyl (C=O) groups is 2. The Morgan fingerprint density at radius 3 is 2.35 bits per heavy atom. The van der Waals surface area contributed by atoms with Crippen molar-refractivity contribution in [2.75, 3.05) is 7.11 Å². The number of hydrogen-bond acceptors (Lipinski definition) is 5. The first-order valence-corrected chi connectivity index (χ1v) is 16.4. The zero-order valence-electron chi connectivity index (χ0n) is 23.2. The molecule has 1 aliphatic carbocycles. The van der Waals surface area contributed by atoms with Crippen LogP contribution in [0.5, 0.6) is 5.75 Å². The third-order valence-electron chi connectivity index (χ3n) is 8.12. The van der Waals surface area contributed by atoms with E-state index in [1.165, 1.54) is 7.11 Å². The Hall–Kier alpha value is -2.15. The first-order valence-electron chi connectivity index (χ1n) is 13.1. The van der Waals surface area contributed by atoms with E-state index in [4.69, 9.17) is 20.8 Å². The topological polar surface area (TPSA) is 72.8 Å². The van der Waals surface area contributed by atoms with Crippen LogP contribution < -0.4 is 0 Å². The molecule has 3 rings (SSSR count). The predicted molar refractivity (Wildman–Crippen MR) is 151 cm³/mol. The monoisotopic (exact) mass is 544 g/mol. The highest BCUT2D eigenvalue weighted by molar-refractivity contribution is 6.74. The van der Waals surface area contributed by atoms with E-state index in [0.717, 1.165) is 24.0 Å². The number of benzene rings is 2. The van der Waals surface area contributed by atoms with Crippen molar-refractivity contribution in [2.24, 2.45) is 11.8 Å². The third kappa shape index (κ3) is 7.24. The highest BCUT2D eigenvalue weighted by Gasteiger charge is 2.39. The summed E-state index contributed by atoms with van der Waals surface area (Å²) in [7, 11) is -0.542. The van der Waals surface area contributed by atoms with Gasteiger partial charge < -0.3 is 14.3 Å². The molecule has 1 fully saturated rings. The van der Waals surface area contributed by atoms with Gasteiger partial charge >= 0.3 is 5.97 Å². The van der Waals surface area contributed by atoms with Crippen LogP contribution in [0.2, 0.25) is 23.2 Å². The zero-order valence-corrected chi connectivity index (χ0v) is 24.9. The summed E-state index contributed by atoms with van der Waals surface area (Å²) in [5.74, 6) is 0.0966. The van der Waals surface area contributed by atoms with Crippen LogP contribution in [0.4, 0.5) is 0 Å². The van der Waals surface area contributed by atoms with Gasteiger partial charge in [0.1, 0.15) is 5.75 Å². The molecular weight excluding hydrogens is 504 g/mol. The minimum Gasteiger partial charge on any atom is -0.508 e. The maximum absolute atomic E-state index is 13.0. The minimum atomic E-state index is -1.95. The maximum Gasteiger partial charge on any atom is 0.309 e. The van der Waals surface area contributed by atoms with Gasteiger partial charge in [-0.1, -0.05) is 51.4 Å². The molecule has 0 bridgehead atoms. The van der Waals surface area contributed by atoms with E-state index in [0.29, 0.717) is 35.1 Å². The molecule has 2 aromatic carbocycles. The summed E-state index contributed by atoms with van der Waals surface area (Å²) < 4.78 is 11.3. The molecule has 0 radical (unpaired) electrons. The number of methoxy groups -OCH3 is 1. The van der Waals surface area contributed by atoms with Crippen LogP contribution in [0.3, 0.4) is 0 Å². The second kappa shape index (κ2) is 11.7. The van der Waals surface area contributed by atoms with E-state index in [2.05, 4.69) is 33.9 Å². The van der Waals surface area contributed by atoms with E-state index in [1.54, 1.807) is 18.2 Å². The van der Waals surface area contributed by atoms with E-state index in [-0.39, 0.29) is 40.8 Å². The quantitative estimate of drug-likeness (QED) is 0.178. The van der Waals surface area contributed by atoms with Gasteiger partial charge in [0.15, 0.2) is 14.1 Å². The summed E-state index contributed by atoms with van der Waals surface area (Å²) in [5, 5.41) is 11.4. The summed E-state index contributed by atoms with van der Waals surface area (Å²) in [6, 6.07) is 10.9. The Labute approximate surface area is 227 Å². The van der Waals surface area contributed by atoms with E-state index in [1.807, 2.05) is 25.1 Å². The van der Waals surface area contributed by atoms with Gasteiger partial charge in [0.25, 0.3) is 0 Å². The van der Waals surface area contributed by atoms with Gasteiger partial charge in [-0.05, 0) is 90.2 Å². The van der Waals surface area contributed by atoms with Crippen molar-refractivity contribution in [2.45, 2.75) is 84.0 Å².